The minimum absolute atomic E-state index is 0.0320. The van der Waals surface area contributed by atoms with Gasteiger partial charge in [0.25, 0.3) is 0 Å². The lowest BCUT2D eigenvalue weighted by molar-refractivity contribution is 0.511. The quantitative estimate of drug-likeness (QED) is 0.813. The molecule has 0 bridgehead atoms. The third kappa shape index (κ3) is 1.32. The van der Waals surface area contributed by atoms with Gasteiger partial charge in [0.05, 0.1) is 0 Å². The molecular formula is C14H18FN. The van der Waals surface area contributed by atoms with E-state index < -0.39 is 0 Å². The zero-order valence-electron chi connectivity index (χ0n) is 9.72. The van der Waals surface area contributed by atoms with Gasteiger partial charge in [0.15, 0.2) is 0 Å². The molecule has 16 heavy (non-hydrogen) atoms. The number of benzene rings is 1. The van der Waals surface area contributed by atoms with Gasteiger partial charge in [0.1, 0.15) is 5.82 Å². The minimum atomic E-state index is -0.0539. The van der Waals surface area contributed by atoms with Crippen molar-refractivity contribution in [1.82, 2.24) is 0 Å². The van der Waals surface area contributed by atoms with Crippen molar-refractivity contribution in [3.05, 3.63) is 34.6 Å². The van der Waals surface area contributed by atoms with Crippen LogP contribution in [0, 0.1) is 5.82 Å². The van der Waals surface area contributed by atoms with Gasteiger partial charge >= 0.3 is 0 Å². The Bertz CT molecular complexity index is 433. The summed E-state index contributed by atoms with van der Waals surface area (Å²) in [6, 6.07) is 3.90. The summed E-state index contributed by atoms with van der Waals surface area (Å²) in [6.45, 7) is 2.00. The van der Waals surface area contributed by atoms with Gasteiger partial charge in [0.2, 0.25) is 0 Å². The molecule has 0 amide bonds. The second-order valence-electron chi connectivity index (χ2n) is 5.40. The van der Waals surface area contributed by atoms with Crippen molar-refractivity contribution >= 4 is 0 Å². The summed E-state index contributed by atoms with van der Waals surface area (Å²) in [5.74, 6) is -0.0320. The first-order chi connectivity index (χ1) is 7.63. The monoisotopic (exact) mass is 219 g/mol. The molecule has 86 valence electrons. The van der Waals surface area contributed by atoms with Gasteiger partial charge in [-0.2, -0.15) is 0 Å². The van der Waals surface area contributed by atoms with Crippen LogP contribution in [0.5, 0.6) is 0 Å². The van der Waals surface area contributed by atoms with Gasteiger partial charge in [-0.15, -0.1) is 0 Å². The smallest absolute Gasteiger partial charge is 0.127 e. The molecule has 0 heterocycles. The Hall–Kier alpha value is -0.890. The van der Waals surface area contributed by atoms with Crippen molar-refractivity contribution in [3.63, 3.8) is 0 Å². The van der Waals surface area contributed by atoms with Crippen LogP contribution in [0.15, 0.2) is 12.1 Å². The van der Waals surface area contributed by atoms with Gasteiger partial charge in [-0.05, 0) is 61.8 Å². The molecule has 1 unspecified atom stereocenters. The van der Waals surface area contributed by atoms with Crippen LogP contribution in [-0.2, 0) is 18.3 Å². The zero-order valence-corrected chi connectivity index (χ0v) is 9.72. The van der Waals surface area contributed by atoms with Crippen LogP contribution >= 0.6 is 0 Å². The molecule has 1 atom stereocenters. The summed E-state index contributed by atoms with van der Waals surface area (Å²) in [5, 5.41) is 0. The number of hydrogen-bond donors (Lipinski definition) is 1. The standard InChI is InChI=1S/C14H18FN/c1-9(16)14(5-6-14)12-7-10-3-2-4-11(10)8-13(12)15/h7-9H,2-6,16H2,1H3. The molecule has 0 aliphatic heterocycles. The molecule has 3 rings (SSSR count). The number of aryl methyl sites for hydroxylation is 2. The third-order valence-corrected chi connectivity index (χ3v) is 4.38. The Morgan fingerprint density at radius 3 is 2.44 bits per heavy atom. The van der Waals surface area contributed by atoms with E-state index in [1.54, 1.807) is 6.07 Å². The van der Waals surface area contributed by atoms with E-state index in [1.807, 2.05) is 6.92 Å². The van der Waals surface area contributed by atoms with E-state index in [-0.39, 0.29) is 17.3 Å². The highest BCUT2D eigenvalue weighted by Gasteiger charge is 2.49. The van der Waals surface area contributed by atoms with Crippen molar-refractivity contribution in [2.24, 2.45) is 5.73 Å². The molecule has 1 saturated carbocycles. The van der Waals surface area contributed by atoms with Gasteiger partial charge < -0.3 is 5.73 Å². The lowest BCUT2D eigenvalue weighted by atomic mass is 9.87. The normalized spacial score (nSPS) is 22.9. The maximum Gasteiger partial charge on any atom is 0.127 e. The summed E-state index contributed by atoms with van der Waals surface area (Å²) in [5.41, 5.74) is 9.40. The lowest BCUT2D eigenvalue weighted by Gasteiger charge is -2.21. The van der Waals surface area contributed by atoms with Gasteiger partial charge in [0, 0.05) is 11.5 Å². The Kier molecular flexibility index (Phi) is 2.12. The molecule has 1 nitrogen and oxygen atoms in total. The van der Waals surface area contributed by atoms with Crippen LogP contribution in [0.25, 0.3) is 0 Å². The maximum absolute atomic E-state index is 14.1. The predicted octanol–water partition coefficient (Wildman–Crippen LogP) is 2.69. The molecule has 1 fully saturated rings. The Morgan fingerprint density at radius 2 is 1.88 bits per heavy atom. The van der Waals surface area contributed by atoms with Crippen LogP contribution < -0.4 is 5.73 Å². The number of nitrogens with two attached hydrogens (primary N) is 1. The summed E-state index contributed by atoms with van der Waals surface area (Å²) in [6.07, 6.45) is 5.40. The van der Waals surface area contributed by atoms with Crippen LogP contribution in [0.1, 0.15) is 42.9 Å². The van der Waals surface area contributed by atoms with Crippen molar-refractivity contribution in [1.29, 1.82) is 0 Å². The van der Waals surface area contributed by atoms with Crippen molar-refractivity contribution in [3.8, 4) is 0 Å². The van der Waals surface area contributed by atoms with E-state index in [1.165, 1.54) is 17.5 Å². The first kappa shape index (κ1) is 10.3. The maximum atomic E-state index is 14.1. The lowest BCUT2D eigenvalue weighted by Crippen LogP contribution is -2.32. The minimum Gasteiger partial charge on any atom is -0.327 e. The third-order valence-electron chi connectivity index (χ3n) is 4.38. The molecular weight excluding hydrogens is 201 g/mol. The fraction of sp³-hybridized carbons (Fsp3) is 0.571. The van der Waals surface area contributed by atoms with Crippen molar-refractivity contribution < 1.29 is 4.39 Å². The summed E-state index contributed by atoms with van der Waals surface area (Å²) < 4.78 is 14.1. The second kappa shape index (κ2) is 3.30. The molecule has 0 spiro atoms. The number of hydrogen-bond acceptors (Lipinski definition) is 1. The van der Waals surface area contributed by atoms with Crippen LogP contribution in [0.3, 0.4) is 0 Å². The van der Waals surface area contributed by atoms with Crippen LogP contribution in [-0.4, -0.2) is 6.04 Å². The SMILES string of the molecule is CC(N)C1(c2cc3c(cc2F)CCC3)CC1. The molecule has 2 aliphatic rings. The average Bonchev–Trinajstić information content (AvgIpc) is 2.92. The molecule has 2 N–H and O–H groups in total. The van der Waals surface area contributed by atoms with E-state index >= 15 is 0 Å². The fourth-order valence-electron chi connectivity index (χ4n) is 3.08. The molecule has 1 aromatic rings. The van der Waals surface area contributed by atoms with E-state index in [2.05, 4.69) is 6.07 Å². The van der Waals surface area contributed by atoms with E-state index in [9.17, 15) is 4.39 Å². The van der Waals surface area contributed by atoms with Gasteiger partial charge in [-0.1, -0.05) is 6.07 Å². The summed E-state index contributed by atoms with van der Waals surface area (Å²) in [4.78, 5) is 0. The first-order valence-electron chi connectivity index (χ1n) is 6.21. The van der Waals surface area contributed by atoms with Gasteiger partial charge in [-0.25, -0.2) is 4.39 Å². The summed E-state index contributed by atoms with van der Waals surface area (Å²) >= 11 is 0. The number of fused-ring (bicyclic) bond motifs is 1. The van der Waals surface area contributed by atoms with Crippen molar-refractivity contribution in [2.75, 3.05) is 0 Å². The average molecular weight is 219 g/mol. The molecule has 1 aromatic carbocycles. The number of rotatable bonds is 2. The predicted molar refractivity (Wildman–Crippen MR) is 63.0 cm³/mol. The summed E-state index contributed by atoms with van der Waals surface area (Å²) in [7, 11) is 0. The Balaban J connectivity index is 2.08. The van der Waals surface area contributed by atoms with E-state index in [4.69, 9.17) is 5.73 Å². The van der Waals surface area contributed by atoms with E-state index in [0.717, 1.165) is 31.2 Å². The topological polar surface area (TPSA) is 26.0 Å². The highest BCUT2D eigenvalue weighted by atomic mass is 19.1. The first-order valence-corrected chi connectivity index (χ1v) is 6.21. The van der Waals surface area contributed by atoms with Crippen LogP contribution in [0.2, 0.25) is 0 Å². The van der Waals surface area contributed by atoms with E-state index in [0.29, 0.717) is 0 Å². The Labute approximate surface area is 95.8 Å². The second-order valence-corrected chi connectivity index (χ2v) is 5.40. The molecule has 0 aromatic heterocycles. The highest BCUT2D eigenvalue weighted by Crippen LogP contribution is 2.51. The highest BCUT2D eigenvalue weighted by molar-refractivity contribution is 5.43. The Morgan fingerprint density at radius 1 is 1.25 bits per heavy atom. The zero-order chi connectivity index (χ0) is 11.3. The van der Waals surface area contributed by atoms with Gasteiger partial charge in [-0.3, -0.25) is 0 Å². The fourth-order valence-corrected chi connectivity index (χ4v) is 3.08. The number of halogens is 1. The molecule has 0 radical (unpaired) electrons. The van der Waals surface area contributed by atoms with Crippen molar-refractivity contribution in [2.45, 2.75) is 50.5 Å². The molecule has 2 heteroatoms. The molecule has 2 aliphatic carbocycles. The van der Waals surface area contributed by atoms with Crippen LogP contribution in [0.4, 0.5) is 4.39 Å². The molecule has 0 saturated heterocycles. The largest absolute Gasteiger partial charge is 0.327 e.